The number of hydrogen-bond acceptors (Lipinski definition) is 7. The van der Waals surface area contributed by atoms with Crippen molar-refractivity contribution in [2.24, 2.45) is 5.92 Å². The van der Waals surface area contributed by atoms with Gasteiger partial charge in [0.15, 0.2) is 0 Å². The molecule has 0 N–H and O–H groups in total. The average molecular weight is 548 g/mol. The van der Waals surface area contributed by atoms with Crippen LogP contribution in [-0.2, 0) is 4.79 Å². The number of imide groups is 1. The molecule has 39 heavy (non-hydrogen) atoms. The zero-order valence-electron chi connectivity index (χ0n) is 21.8. The molecule has 8 nitrogen and oxygen atoms in total. The predicted molar refractivity (Wildman–Crippen MR) is 148 cm³/mol. The van der Waals surface area contributed by atoms with Gasteiger partial charge in [0.25, 0.3) is 11.8 Å². The molecule has 0 bridgehead atoms. The van der Waals surface area contributed by atoms with Gasteiger partial charge < -0.3 is 14.7 Å². The number of benzene rings is 2. The molecule has 0 spiro atoms. The van der Waals surface area contributed by atoms with Crippen molar-refractivity contribution < 1.29 is 18.8 Å². The van der Waals surface area contributed by atoms with Crippen molar-refractivity contribution >= 4 is 40.4 Å². The zero-order chi connectivity index (χ0) is 27.1. The van der Waals surface area contributed by atoms with Crippen LogP contribution in [0.15, 0.2) is 54.0 Å². The summed E-state index contributed by atoms with van der Waals surface area (Å²) in [6.07, 6.45) is 3.07. The summed E-state index contributed by atoms with van der Waals surface area (Å²) in [7, 11) is 0. The van der Waals surface area contributed by atoms with E-state index in [1.165, 1.54) is 28.4 Å². The summed E-state index contributed by atoms with van der Waals surface area (Å²) in [6.45, 7) is 5.85. The van der Waals surface area contributed by atoms with Crippen molar-refractivity contribution in [3.63, 3.8) is 0 Å². The normalized spacial score (nSPS) is 19.0. The van der Waals surface area contributed by atoms with Gasteiger partial charge in [-0.3, -0.25) is 19.3 Å². The summed E-state index contributed by atoms with van der Waals surface area (Å²) >= 11 is 1.43. The van der Waals surface area contributed by atoms with Gasteiger partial charge in [-0.05, 0) is 56.2 Å². The molecule has 202 valence electrons. The Morgan fingerprint density at radius 2 is 1.67 bits per heavy atom. The first kappa shape index (κ1) is 25.5. The minimum atomic E-state index is -0.433. The standard InChI is InChI=1S/C29H30FN5O3S/c1-19(26-31-11-18-39-26)35-28(37)23-3-2-4-24(25(23)29(35)38)33-12-9-20(10-13-33)27(36)34-16-14-32(15-17-34)22-7-5-21(30)6-8-22/h2-8,11,18-20H,9-10,12-17H2,1H3. The molecule has 1 atom stereocenters. The van der Waals surface area contributed by atoms with Crippen molar-refractivity contribution in [1.82, 2.24) is 14.8 Å². The van der Waals surface area contributed by atoms with Crippen molar-refractivity contribution in [1.29, 1.82) is 0 Å². The number of aromatic nitrogens is 1. The lowest BCUT2D eigenvalue weighted by atomic mass is 9.93. The monoisotopic (exact) mass is 547 g/mol. The van der Waals surface area contributed by atoms with E-state index < -0.39 is 6.04 Å². The Bertz CT molecular complexity index is 1380. The molecular formula is C29H30FN5O3S. The van der Waals surface area contributed by atoms with Crippen LogP contribution in [0.1, 0.15) is 51.5 Å². The summed E-state index contributed by atoms with van der Waals surface area (Å²) in [5, 5.41) is 2.57. The fraction of sp³-hybridized carbons (Fsp3) is 0.379. The molecule has 0 saturated carbocycles. The largest absolute Gasteiger partial charge is 0.371 e. The van der Waals surface area contributed by atoms with Crippen LogP contribution in [-0.4, -0.2) is 71.8 Å². The molecule has 3 amide bonds. The number of nitrogens with zero attached hydrogens (tertiary/aromatic N) is 5. The van der Waals surface area contributed by atoms with E-state index in [2.05, 4.69) is 14.8 Å². The quantitative estimate of drug-likeness (QED) is 0.446. The molecule has 1 aromatic heterocycles. The molecule has 3 aliphatic rings. The average Bonchev–Trinajstić information content (AvgIpc) is 3.60. The van der Waals surface area contributed by atoms with Gasteiger partial charge in [0.1, 0.15) is 10.8 Å². The summed E-state index contributed by atoms with van der Waals surface area (Å²) in [5.74, 6) is -0.705. The van der Waals surface area contributed by atoms with Gasteiger partial charge in [-0.25, -0.2) is 9.37 Å². The third kappa shape index (κ3) is 4.67. The first-order valence-electron chi connectivity index (χ1n) is 13.4. The Balaban J connectivity index is 1.09. The third-order valence-corrected chi connectivity index (χ3v) is 9.03. The van der Waals surface area contributed by atoms with Crippen molar-refractivity contribution in [2.75, 3.05) is 49.1 Å². The molecule has 2 aromatic carbocycles. The SMILES string of the molecule is CC(c1nccs1)N1C(=O)c2cccc(N3CCC(C(=O)N4CCN(c5ccc(F)cc5)CC4)CC3)c2C1=O. The second-order valence-electron chi connectivity index (χ2n) is 10.3. The Hall–Kier alpha value is -3.79. The maximum atomic E-state index is 13.5. The first-order chi connectivity index (χ1) is 18.9. The number of anilines is 2. The van der Waals surface area contributed by atoms with Gasteiger partial charge in [-0.15, -0.1) is 11.3 Å². The molecule has 0 aliphatic carbocycles. The Morgan fingerprint density at radius 3 is 2.33 bits per heavy atom. The topological polar surface area (TPSA) is 77.1 Å². The van der Waals surface area contributed by atoms with Crippen LogP contribution >= 0.6 is 11.3 Å². The summed E-state index contributed by atoms with van der Waals surface area (Å²) in [4.78, 5) is 51.9. The van der Waals surface area contributed by atoms with E-state index in [1.54, 1.807) is 24.4 Å². The number of fused-ring (bicyclic) bond motifs is 1. The van der Waals surface area contributed by atoms with Gasteiger partial charge in [-0.2, -0.15) is 0 Å². The molecule has 2 saturated heterocycles. The summed E-state index contributed by atoms with van der Waals surface area (Å²) in [5.41, 5.74) is 2.61. The molecule has 1 unspecified atom stereocenters. The van der Waals surface area contributed by atoms with E-state index >= 15 is 0 Å². The second-order valence-corrected chi connectivity index (χ2v) is 11.2. The van der Waals surface area contributed by atoms with Crippen LogP contribution in [0.2, 0.25) is 0 Å². The lowest BCUT2D eigenvalue weighted by Gasteiger charge is -2.40. The van der Waals surface area contributed by atoms with E-state index in [-0.39, 0.29) is 29.5 Å². The van der Waals surface area contributed by atoms with Gasteiger partial charge in [0.2, 0.25) is 5.91 Å². The molecule has 2 fully saturated rings. The number of halogens is 1. The maximum absolute atomic E-state index is 13.5. The predicted octanol–water partition coefficient (Wildman–Crippen LogP) is 4.20. The van der Waals surface area contributed by atoms with Gasteiger partial charge in [-0.1, -0.05) is 6.07 Å². The van der Waals surface area contributed by atoms with E-state index in [1.807, 2.05) is 29.3 Å². The highest BCUT2D eigenvalue weighted by Crippen LogP contribution is 2.38. The minimum Gasteiger partial charge on any atom is -0.371 e. The van der Waals surface area contributed by atoms with Gasteiger partial charge >= 0.3 is 0 Å². The smallest absolute Gasteiger partial charge is 0.264 e. The first-order valence-corrected chi connectivity index (χ1v) is 14.2. The van der Waals surface area contributed by atoms with Crippen LogP contribution in [0.3, 0.4) is 0 Å². The van der Waals surface area contributed by atoms with E-state index in [4.69, 9.17) is 0 Å². The number of amides is 3. The maximum Gasteiger partial charge on any atom is 0.264 e. The van der Waals surface area contributed by atoms with Gasteiger partial charge in [0, 0.05) is 62.5 Å². The van der Waals surface area contributed by atoms with Crippen molar-refractivity contribution in [2.45, 2.75) is 25.8 Å². The Labute approximate surface area is 230 Å². The number of carbonyl (C=O) groups is 3. The number of hydrogen-bond donors (Lipinski definition) is 0. The number of carbonyl (C=O) groups excluding carboxylic acids is 3. The lowest BCUT2D eigenvalue weighted by molar-refractivity contribution is -0.136. The number of rotatable bonds is 5. The molecule has 10 heteroatoms. The lowest BCUT2D eigenvalue weighted by Crippen LogP contribution is -2.51. The molecule has 3 aliphatic heterocycles. The number of thiazole rings is 1. The summed E-state index contributed by atoms with van der Waals surface area (Å²) in [6, 6.07) is 11.5. The van der Waals surface area contributed by atoms with Crippen LogP contribution in [0.4, 0.5) is 15.8 Å². The molecule has 0 radical (unpaired) electrons. The van der Waals surface area contributed by atoms with E-state index in [0.29, 0.717) is 50.1 Å². The van der Waals surface area contributed by atoms with E-state index in [9.17, 15) is 18.8 Å². The Morgan fingerprint density at radius 1 is 0.949 bits per heavy atom. The van der Waals surface area contributed by atoms with E-state index in [0.717, 1.165) is 29.5 Å². The van der Waals surface area contributed by atoms with Crippen LogP contribution in [0.25, 0.3) is 0 Å². The fourth-order valence-corrected chi connectivity index (χ4v) is 6.60. The van der Waals surface area contributed by atoms with Crippen LogP contribution < -0.4 is 9.80 Å². The van der Waals surface area contributed by atoms with Crippen LogP contribution in [0.5, 0.6) is 0 Å². The fourth-order valence-electron chi connectivity index (χ4n) is 5.91. The zero-order valence-corrected chi connectivity index (χ0v) is 22.6. The summed E-state index contributed by atoms with van der Waals surface area (Å²) < 4.78 is 13.3. The number of piperidine rings is 1. The highest BCUT2D eigenvalue weighted by molar-refractivity contribution is 7.09. The van der Waals surface area contributed by atoms with Gasteiger partial charge in [0.05, 0.1) is 22.9 Å². The molecule has 6 rings (SSSR count). The Kier molecular flexibility index (Phi) is 6.80. The van der Waals surface area contributed by atoms with Crippen LogP contribution in [0, 0.1) is 11.7 Å². The second kappa shape index (κ2) is 10.4. The highest BCUT2D eigenvalue weighted by atomic mass is 32.1. The minimum absolute atomic E-state index is 0.0610. The highest BCUT2D eigenvalue weighted by Gasteiger charge is 2.42. The number of piperazine rings is 1. The molecule has 3 aromatic rings. The third-order valence-electron chi connectivity index (χ3n) is 8.09. The van der Waals surface area contributed by atoms with Crippen molar-refractivity contribution in [3.05, 3.63) is 76.0 Å². The molecule has 4 heterocycles. The molecular weight excluding hydrogens is 517 g/mol. The van der Waals surface area contributed by atoms with Crippen molar-refractivity contribution in [3.8, 4) is 0 Å².